The van der Waals surface area contributed by atoms with Gasteiger partial charge >= 0.3 is 0 Å². The number of hydrogen-bond acceptors (Lipinski definition) is 3. The van der Waals surface area contributed by atoms with E-state index >= 15 is 0 Å². The fraction of sp³-hybridized carbons (Fsp3) is 0.455. The first kappa shape index (κ1) is 10.1. The molecule has 1 atom stereocenters. The van der Waals surface area contributed by atoms with Crippen LogP contribution in [0.4, 0.5) is 0 Å². The van der Waals surface area contributed by atoms with Crippen LogP contribution < -0.4 is 10.6 Å². The van der Waals surface area contributed by atoms with Gasteiger partial charge in [-0.3, -0.25) is 9.78 Å². The summed E-state index contributed by atoms with van der Waals surface area (Å²) >= 11 is 0. The van der Waals surface area contributed by atoms with Gasteiger partial charge in [0.1, 0.15) is 0 Å². The van der Waals surface area contributed by atoms with Crippen molar-refractivity contribution in [2.45, 2.75) is 13.0 Å². The summed E-state index contributed by atoms with van der Waals surface area (Å²) in [7, 11) is 0. The maximum Gasteiger partial charge on any atom is 0.224 e. The van der Waals surface area contributed by atoms with E-state index in [1.807, 2.05) is 12.1 Å². The lowest BCUT2D eigenvalue weighted by Gasteiger charge is -2.09. The van der Waals surface area contributed by atoms with Crippen LogP contribution in [0.25, 0.3) is 0 Å². The van der Waals surface area contributed by atoms with Gasteiger partial charge in [0.2, 0.25) is 5.91 Å². The summed E-state index contributed by atoms with van der Waals surface area (Å²) < 4.78 is 0. The van der Waals surface area contributed by atoms with Crippen molar-refractivity contribution in [3.05, 3.63) is 30.1 Å². The van der Waals surface area contributed by atoms with Gasteiger partial charge in [0.05, 0.1) is 5.92 Å². The number of aromatic nitrogens is 1. The molecular weight excluding hydrogens is 190 g/mol. The van der Waals surface area contributed by atoms with Crippen molar-refractivity contribution in [1.29, 1.82) is 0 Å². The Morgan fingerprint density at radius 2 is 2.33 bits per heavy atom. The molecule has 2 N–H and O–H groups in total. The summed E-state index contributed by atoms with van der Waals surface area (Å²) in [5, 5.41) is 6.11. The molecule has 0 bridgehead atoms. The van der Waals surface area contributed by atoms with Crippen molar-refractivity contribution >= 4 is 5.91 Å². The van der Waals surface area contributed by atoms with Crippen molar-refractivity contribution in [2.75, 3.05) is 13.1 Å². The van der Waals surface area contributed by atoms with Crippen LogP contribution in [0.5, 0.6) is 0 Å². The molecule has 1 fully saturated rings. The normalized spacial score (nSPS) is 20.1. The second kappa shape index (κ2) is 4.89. The number of pyridine rings is 1. The van der Waals surface area contributed by atoms with Crippen molar-refractivity contribution in [2.24, 2.45) is 5.92 Å². The molecule has 0 aliphatic carbocycles. The van der Waals surface area contributed by atoms with E-state index in [0.717, 1.165) is 25.1 Å². The Bertz CT molecular complexity index is 320. The number of nitrogens with one attached hydrogen (secondary N) is 2. The third kappa shape index (κ3) is 2.76. The van der Waals surface area contributed by atoms with Gasteiger partial charge in [-0.05, 0) is 30.7 Å². The van der Waals surface area contributed by atoms with Crippen LogP contribution in [-0.4, -0.2) is 24.0 Å². The molecule has 2 rings (SSSR count). The highest BCUT2D eigenvalue weighted by Gasteiger charge is 2.21. The quantitative estimate of drug-likeness (QED) is 0.746. The van der Waals surface area contributed by atoms with Gasteiger partial charge in [-0.25, -0.2) is 0 Å². The molecule has 15 heavy (non-hydrogen) atoms. The van der Waals surface area contributed by atoms with Crippen molar-refractivity contribution in [1.82, 2.24) is 15.6 Å². The molecule has 80 valence electrons. The predicted molar refractivity (Wildman–Crippen MR) is 57.1 cm³/mol. The second-order valence-corrected chi connectivity index (χ2v) is 3.76. The zero-order chi connectivity index (χ0) is 10.5. The monoisotopic (exact) mass is 205 g/mol. The van der Waals surface area contributed by atoms with Crippen molar-refractivity contribution in [3.63, 3.8) is 0 Å². The van der Waals surface area contributed by atoms with Crippen LogP contribution in [0.2, 0.25) is 0 Å². The minimum Gasteiger partial charge on any atom is -0.352 e. The Kier molecular flexibility index (Phi) is 3.29. The summed E-state index contributed by atoms with van der Waals surface area (Å²) in [4.78, 5) is 15.6. The molecule has 1 aromatic rings. The zero-order valence-corrected chi connectivity index (χ0v) is 8.57. The molecule has 1 saturated heterocycles. The van der Waals surface area contributed by atoms with E-state index < -0.39 is 0 Å². The van der Waals surface area contributed by atoms with E-state index in [0.29, 0.717) is 6.54 Å². The fourth-order valence-corrected chi connectivity index (χ4v) is 1.71. The minimum atomic E-state index is 0.145. The predicted octanol–water partition coefficient (Wildman–Crippen LogP) is 0.307. The standard InChI is InChI=1S/C11H15N3O/c15-11(10-3-6-13-8-10)14-7-9-1-4-12-5-2-9/h1-2,4-5,10,13H,3,6-8H2,(H,14,15). The maximum absolute atomic E-state index is 11.7. The molecule has 4 heteroatoms. The van der Waals surface area contributed by atoms with Crippen LogP contribution >= 0.6 is 0 Å². The molecule has 4 nitrogen and oxygen atoms in total. The highest BCUT2D eigenvalue weighted by molar-refractivity contribution is 5.79. The molecule has 1 amide bonds. The Hall–Kier alpha value is -1.42. The van der Waals surface area contributed by atoms with Crippen molar-refractivity contribution < 1.29 is 4.79 Å². The lowest BCUT2D eigenvalue weighted by atomic mass is 10.1. The summed E-state index contributed by atoms with van der Waals surface area (Å²) in [5.41, 5.74) is 1.09. The second-order valence-electron chi connectivity index (χ2n) is 3.76. The van der Waals surface area contributed by atoms with Crippen LogP contribution in [0.15, 0.2) is 24.5 Å². The highest BCUT2D eigenvalue weighted by Crippen LogP contribution is 2.07. The van der Waals surface area contributed by atoms with Gasteiger partial charge in [0, 0.05) is 25.5 Å². The third-order valence-electron chi connectivity index (χ3n) is 2.65. The smallest absolute Gasteiger partial charge is 0.224 e. The molecule has 0 radical (unpaired) electrons. The zero-order valence-electron chi connectivity index (χ0n) is 8.57. The van der Waals surface area contributed by atoms with Gasteiger partial charge in [0.25, 0.3) is 0 Å². The van der Waals surface area contributed by atoms with Crippen LogP contribution in [0.3, 0.4) is 0 Å². The number of nitrogens with zero attached hydrogens (tertiary/aromatic N) is 1. The van der Waals surface area contributed by atoms with Crippen LogP contribution in [0, 0.1) is 5.92 Å². The summed E-state index contributed by atoms with van der Waals surface area (Å²) in [6, 6.07) is 3.82. The SMILES string of the molecule is O=C(NCc1ccncc1)C1CCNC1. The third-order valence-corrected chi connectivity index (χ3v) is 2.65. The Balaban J connectivity index is 1.80. The lowest BCUT2D eigenvalue weighted by molar-refractivity contribution is -0.124. The molecule has 1 unspecified atom stereocenters. The number of hydrogen-bond donors (Lipinski definition) is 2. The van der Waals surface area contributed by atoms with Gasteiger partial charge < -0.3 is 10.6 Å². The molecule has 1 aliphatic rings. The average molecular weight is 205 g/mol. The van der Waals surface area contributed by atoms with E-state index in [2.05, 4.69) is 15.6 Å². The first-order chi connectivity index (χ1) is 7.36. The van der Waals surface area contributed by atoms with E-state index in [1.165, 1.54) is 0 Å². The van der Waals surface area contributed by atoms with Gasteiger partial charge in [-0.1, -0.05) is 0 Å². The Labute approximate surface area is 89.1 Å². The lowest BCUT2D eigenvalue weighted by Crippen LogP contribution is -2.31. The first-order valence-corrected chi connectivity index (χ1v) is 5.23. The van der Waals surface area contributed by atoms with Gasteiger partial charge in [0.15, 0.2) is 0 Å². The maximum atomic E-state index is 11.7. The fourth-order valence-electron chi connectivity index (χ4n) is 1.71. The Morgan fingerprint density at radius 3 is 3.00 bits per heavy atom. The molecule has 1 aromatic heterocycles. The topological polar surface area (TPSA) is 54.0 Å². The van der Waals surface area contributed by atoms with E-state index in [-0.39, 0.29) is 11.8 Å². The van der Waals surface area contributed by atoms with Gasteiger partial charge in [-0.15, -0.1) is 0 Å². The molecular formula is C11H15N3O. The van der Waals surface area contributed by atoms with E-state index in [1.54, 1.807) is 12.4 Å². The minimum absolute atomic E-state index is 0.145. The van der Waals surface area contributed by atoms with Crippen molar-refractivity contribution in [3.8, 4) is 0 Å². The first-order valence-electron chi connectivity index (χ1n) is 5.23. The molecule has 0 spiro atoms. The van der Waals surface area contributed by atoms with E-state index in [9.17, 15) is 4.79 Å². The van der Waals surface area contributed by atoms with E-state index in [4.69, 9.17) is 0 Å². The largest absolute Gasteiger partial charge is 0.352 e. The number of carbonyl (C=O) groups excluding carboxylic acids is 1. The van der Waals surface area contributed by atoms with Crippen LogP contribution in [-0.2, 0) is 11.3 Å². The van der Waals surface area contributed by atoms with Crippen LogP contribution in [0.1, 0.15) is 12.0 Å². The highest BCUT2D eigenvalue weighted by atomic mass is 16.1. The average Bonchev–Trinajstić information content (AvgIpc) is 2.81. The summed E-state index contributed by atoms with van der Waals surface area (Å²) in [6.07, 6.45) is 4.42. The molecule has 2 heterocycles. The Morgan fingerprint density at radius 1 is 1.53 bits per heavy atom. The summed E-state index contributed by atoms with van der Waals surface area (Å²) in [6.45, 7) is 2.35. The summed E-state index contributed by atoms with van der Waals surface area (Å²) in [5.74, 6) is 0.295. The number of amides is 1. The number of rotatable bonds is 3. The molecule has 0 saturated carbocycles. The number of carbonyl (C=O) groups is 1. The molecule has 0 aromatic carbocycles. The molecule has 1 aliphatic heterocycles. The van der Waals surface area contributed by atoms with Gasteiger partial charge in [-0.2, -0.15) is 0 Å².